The lowest BCUT2D eigenvalue weighted by atomic mass is 9.95. The van der Waals surface area contributed by atoms with Crippen LogP contribution in [0.4, 0.5) is 0 Å². The van der Waals surface area contributed by atoms with E-state index in [0.717, 1.165) is 5.56 Å². The Morgan fingerprint density at radius 2 is 1.83 bits per heavy atom. The van der Waals surface area contributed by atoms with Crippen molar-refractivity contribution in [3.05, 3.63) is 86.5 Å². The van der Waals surface area contributed by atoms with Gasteiger partial charge >= 0.3 is 0 Å². The molecule has 0 radical (unpaired) electrons. The number of carbonyl (C=O) groups excluding carboxylic acids is 1. The lowest BCUT2D eigenvalue weighted by Gasteiger charge is -2.34. The largest absolute Gasteiger partial charge is 0.376 e. The van der Waals surface area contributed by atoms with Gasteiger partial charge in [-0.2, -0.15) is 0 Å². The van der Waals surface area contributed by atoms with Crippen LogP contribution in [0.5, 0.6) is 0 Å². The Hall–Kier alpha value is -2.39. The normalized spacial score (nSPS) is 12.7. The van der Waals surface area contributed by atoms with E-state index < -0.39 is 0 Å². The molecule has 0 bridgehead atoms. The van der Waals surface area contributed by atoms with Crippen LogP contribution in [0.25, 0.3) is 0 Å². The number of hydrogen-bond donors (Lipinski definition) is 0. The summed E-state index contributed by atoms with van der Waals surface area (Å²) in [5, 5.41) is 0. The maximum absolute atomic E-state index is 12.2. The highest BCUT2D eigenvalue weighted by Crippen LogP contribution is 2.19. The predicted molar refractivity (Wildman–Crippen MR) is 100 cm³/mol. The lowest BCUT2D eigenvalue weighted by molar-refractivity contribution is -0.128. The SMILES string of the molecule is C=CC[C@H]([C@H](C=C)COCc1ccccc1)N(CC=C)C(=O)C=C. The van der Waals surface area contributed by atoms with Gasteiger partial charge in [0.05, 0.1) is 13.2 Å². The summed E-state index contributed by atoms with van der Waals surface area (Å²) in [4.78, 5) is 13.9. The molecule has 3 nitrogen and oxygen atoms in total. The highest BCUT2D eigenvalue weighted by Gasteiger charge is 2.26. The average molecular weight is 325 g/mol. The molecule has 0 aliphatic heterocycles. The molecule has 1 rings (SSSR count). The fourth-order valence-corrected chi connectivity index (χ4v) is 2.57. The van der Waals surface area contributed by atoms with Crippen LogP contribution in [0.3, 0.4) is 0 Å². The smallest absolute Gasteiger partial charge is 0.246 e. The topological polar surface area (TPSA) is 29.5 Å². The van der Waals surface area contributed by atoms with Crippen molar-refractivity contribution in [1.29, 1.82) is 0 Å². The van der Waals surface area contributed by atoms with Crippen LogP contribution in [0, 0.1) is 5.92 Å². The first-order valence-electron chi connectivity index (χ1n) is 8.07. The molecule has 0 aliphatic carbocycles. The molecule has 0 saturated heterocycles. The van der Waals surface area contributed by atoms with Crippen LogP contribution in [0.15, 0.2) is 81.0 Å². The molecule has 0 heterocycles. The third-order valence-corrected chi connectivity index (χ3v) is 3.81. The Balaban J connectivity index is 2.78. The molecule has 1 aromatic carbocycles. The van der Waals surface area contributed by atoms with Crippen LogP contribution in [0.1, 0.15) is 12.0 Å². The van der Waals surface area contributed by atoms with E-state index in [2.05, 4.69) is 26.3 Å². The second-order valence-corrected chi connectivity index (χ2v) is 5.48. The third-order valence-electron chi connectivity index (χ3n) is 3.81. The molecule has 0 saturated carbocycles. The Kier molecular flexibility index (Phi) is 9.17. The predicted octanol–water partition coefficient (Wildman–Crippen LogP) is 4.15. The van der Waals surface area contributed by atoms with Crippen LogP contribution < -0.4 is 0 Å². The molecule has 24 heavy (non-hydrogen) atoms. The first kappa shape index (κ1) is 19.7. The van der Waals surface area contributed by atoms with Gasteiger partial charge in [0.25, 0.3) is 0 Å². The second-order valence-electron chi connectivity index (χ2n) is 5.48. The summed E-state index contributed by atoms with van der Waals surface area (Å²) >= 11 is 0. The molecule has 128 valence electrons. The van der Waals surface area contributed by atoms with Crippen LogP contribution in [-0.4, -0.2) is 30.0 Å². The quantitative estimate of drug-likeness (QED) is 0.427. The van der Waals surface area contributed by atoms with Gasteiger partial charge in [0.2, 0.25) is 5.91 Å². The zero-order chi connectivity index (χ0) is 17.8. The summed E-state index contributed by atoms with van der Waals surface area (Å²) < 4.78 is 5.85. The minimum atomic E-state index is -0.128. The maximum atomic E-state index is 12.2. The Labute approximate surface area is 145 Å². The number of hydrogen-bond acceptors (Lipinski definition) is 2. The van der Waals surface area contributed by atoms with Crippen molar-refractivity contribution in [2.75, 3.05) is 13.2 Å². The molecule has 0 aromatic heterocycles. The fraction of sp³-hybridized carbons (Fsp3) is 0.286. The van der Waals surface area contributed by atoms with E-state index in [-0.39, 0.29) is 17.9 Å². The van der Waals surface area contributed by atoms with Gasteiger partial charge in [0, 0.05) is 18.5 Å². The van der Waals surface area contributed by atoms with E-state index >= 15 is 0 Å². The van der Waals surface area contributed by atoms with E-state index in [0.29, 0.717) is 26.2 Å². The number of rotatable bonds is 12. The lowest BCUT2D eigenvalue weighted by Crippen LogP contribution is -2.44. The average Bonchev–Trinajstić information content (AvgIpc) is 2.62. The summed E-state index contributed by atoms with van der Waals surface area (Å²) in [6, 6.07) is 9.91. The van der Waals surface area contributed by atoms with Gasteiger partial charge in [-0.25, -0.2) is 0 Å². The molecular formula is C21H27NO2. The van der Waals surface area contributed by atoms with Crippen molar-refractivity contribution >= 4 is 5.91 Å². The Morgan fingerprint density at radius 1 is 1.12 bits per heavy atom. The van der Waals surface area contributed by atoms with E-state index in [9.17, 15) is 4.79 Å². The molecule has 0 unspecified atom stereocenters. The van der Waals surface area contributed by atoms with E-state index in [1.165, 1.54) is 6.08 Å². The molecule has 0 fully saturated rings. The summed E-state index contributed by atoms with van der Waals surface area (Å²) in [5.74, 6) is -0.132. The number of ether oxygens (including phenoxy) is 1. The zero-order valence-electron chi connectivity index (χ0n) is 14.3. The van der Waals surface area contributed by atoms with Gasteiger partial charge in [0.1, 0.15) is 0 Å². The fourth-order valence-electron chi connectivity index (χ4n) is 2.57. The number of benzene rings is 1. The van der Waals surface area contributed by atoms with E-state index in [1.807, 2.05) is 42.5 Å². The molecular weight excluding hydrogens is 298 g/mol. The molecule has 2 atom stereocenters. The molecule has 0 spiro atoms. The summed E-state index contributed by atoms with van der Waals surface area (Å²) in [6.45, 7) is 16.5. The minimum absolute atomic E-state index is 0.00411. The first-order valence-corrected chi connectivity index (χ1v) is 8.07. The summed E-state index contributed by atoms with van der Waals surface area (Å²) in [7, 11) is 0. The highest BCUT2D eigenvalue weighted by atomic mass is 16.5. The highest BCUT2D eigenvalue weighted by molar-refractivity contribution is 5.87. The van der Waals surface area contributed by atoms with Crippen molar-refractivity contribution in [2.24, 2.45) is 5.92 Å². The number of carbonyl (C=O) groups is 1. The monoisotopic (exact) mass is 325 g/mol. The molecule has 1 aromatic rings. The van der Waals surface area contributed by atoms with E-state index in [1.54, 1.807) is 11.0 Å². The van der Waals surface area contributed by atoms with Gasteiger partial charge < -0.3 is 9.64 Å². The number of nitrogens with zero attached hydrogens (tertiary/aromatic N) is 1. The summed E-state index contributed by atoms with van der Waals surface area (Å²) in [6.07, 6.45) is 7.34. The zero-order valence-corrected chi connectivity index (χ0v) is 14.3. The standard InChI is InChI=1S/C21H27NO2/c1-5-12-20(22(15-6-2)21(23)8-4)19(7-3)17-24-16-18-13-10-9-11-14-18/h5-11,13-14,19-20H,1-4,12,15-17H2/t19-,20-/m1/s1. The van der Waals surface area contributed by atoms with Crippen LogP contribution in [-0.2, 0) is 16.1 Å². The van der Waals surface area contributed by atoms with Gasteiger partial charge in [-0.15, -0.1) is 19.7 Å². The van der Waals surface area contributed by atoms with Gasteiger partial charge in [-0.05, 0) is 18.1 Å². The van der Waals surface area contributed by atoms with Gasteiger partial charge in [-0.3, -0.25) is 4.79 Å². The van der Waals surface area contributed by atoms with Crippen molar-refractivity contribution in [2.45, 2.75) is 19.1 Å². The maximum Gasteiger partial charge on any atom is 0.246 e. The first-order chi connectivity index (χ1) is 11.7. The van der Waals surface area contributed by atoms with Crippen LogP contribution >= 0.6 is 0 Å². The summed E-state index contributed by atoms with van der Waals surface area (Å²) in [5.41, 5.74) is 1.12. The van der Waals surface area contributed by atoms with Gasteiger partial charge in [-0.1, -0.05) is 55.1 Å². The molecule has 1 amide bonds. The Bertz CT molecular complexity index is 550. The number of amides is 1. The van der Waals surface area contributed by atoms with Crippen molar-refractivity contribution in [1.82, 2.24) is 4.90 Å². The van der Waals surface area contributed by atoms with Crippen LogP contribution in [0.2, 0.25) is 0 Å². The molecule has 0 aliphatic rings. The molecule has 0 N–H and O–H groups in total. The second kappa shape index (κ2) is 11.2. The van der Waals surface area contributed by atoms with Gasteiger partial charge in [0.15, 0.2) is 0 Å². The van der Waals surface area contributed by atoms with Crippen molar-refractivity contribution in [3.8, 4) is 0 Å². The van der Waals surface area contributed by atoms with Crippen molar-refractivity contribution < 1.29 is 9.53 Å². The third kappa shape index (κ3) is 6.01. The molecule has 3 heteroatoms. The van der Waals surface area contributed by atoms with Crippen molar-refractivity contribution in [3.63, 3.8) is 0 Å². The minimum Gasteiger partial charge on any atom is -0.376 e. The Morgan fingerprint density at radius 3 is 2.38 bits per heavy atom. The van der Waals surface area contributed by atoms with E-state index in [4.69, 9.17) is 4.74 Å².